The molecule has 0 aromatic heterocycles. The molecular formula is C3H7Lu2O. The second-order valence-electron chi connectivity index (χ2n) is 1.11. The zero-order valence-electron chi connectivity index (χ0n) is 3.50. The summed E-state index contributed by atoms with van der Waals surface area (Å²) in [7, 11) is 0. The maximum absolute atomic E-state index is 4.58. The normalized spacial score (nSPS) is 8.17. The third kappa shape index (κ3) is 9.66. The van der Waals surface area contributed by atoms with Crippen molar-refractivity contribution in [1.29, 1.82) is 0 Å². The summed E-state index contributed by atoms with van der Waals surface area (Å²) < 4.78 is 4.58. The maximum atomic E-state index is 4.58. The van der Waals surface area contributed by atoms with Crippen molar-refractivity contribution in [3.05, 3.63) is 0 Å². The molecular weight excluding hydrogens is 402 g/mol. The zero-order chi connectivity index (χ0) is 4.28. The van der Waals surface area contributed by atoms with Crippen LogP contribution in [0.1, 0.15) is 13.8 Å². The Hall–Kier alpha value is 2.43. The average Bonchev–Trinajstić information content (AvgIpc) is 1.38. The van der Waals surface area contributed by atoms with Gasteiger partial charge in [-0.2, -0.15) is 0 Å². The third-order valence-electron chi connectivity index (χ3n) is 0.122. The van der Waals surface area contributed by atoms with Crippen LogP contribution >= 0.6 is 0 Å². The van der Waals surface area contributed by atoms with E-state index in [1.807, 2.05) is 13.8 Å². The van der Waals surface area contributed by atoms with Gasteiger partial charge in [0.05, 0.1) is 0 Å². The first kappa shape index (κ1) is 11.3. The fourth-order valence-electron chi connectivity index (χ4n) is 0. The third-order valence-corrected chi connectivity index (χ3v) is 0.903. The fraction of sp³-hybridized carbons (Fsp3) is 1.00. The number of hydrogen-bond acceptors (Lipinski definition) is 1. The largest absolute Gasteiger partial charge is 0 e. The molecule has 0 N–H and O–H groups in total. The average molecular weight is 409 g/mol. The Morgan fingerprint density at radius 2 is 1.67 bits per heavy atom. The van der Waals surface area contributed by atoms with E-state index in [0.717, 1.165) is 0 Å². The Labute approximate surface area is 91.9 Å². The van der Waals surface area contributed by atoms with Gasteiger partial charge in [0, 0.05) is 36.9 Å². The molecule has 0 aliphatic carbocycles. The molecule has 6 heavy (non-hydrogen) atoms. The maximum Gasteiger partial charge on any atom is 0 e. The van der Waals surface area contributed by atoms with E-state index in [9.17, 15) is 0 Å². The van der Waals surface area contributed by atoms with Gasteiger partial charge in [0.1, 0.15) is 0 Å². The SMILES string of the molecule is CC(C)[O][Lu].[Lu]. The van der Waals surface area contributed by atoms with Gasteiger partial charge in [0.2, 0.25) is 0 Å². The fourth-order valence-corrected chi connectivity index (χ4v) is 0. The van der Waals surface area contributed by atoms with E-state index in [0.29, 0.717) is 6.10 Å². The molecule has 0 amide bonds. The molecule has 1 nitrogen and oxygen atoms in total. The van der Waals surface area contributed by atoms with E-state index in [-0.39, 0.29) is 36.9 Å². The standard InChI is InChI=1S/C3H7O.2Lu/c1-3(2)4;;/h3H,1-2H3;;/q-1;;+1. The Morgan fingerprint density at radius 3 is 1.67 bits per heavy atom. The van der Waals surface area contributed by atoms with Crippen molar-refractivity contribution in [1.82, 2.24) is 0 Å². The summed E-state index contributed by atoms with van der Waals surface area (Å²) in [6.45, 7) is 3.92. The quantitative estimate of drug-likeness (QED) is 0.625. The molecule has 0 rings (SSSR count). The zero-order valence-corrected chi connectivity index (χ0v) is 6.82. The van der Waals surface area contributed by atoms with Gasteiger partial charge in [-0.3, -0.25) is 0 Å². The van der Waals surface area contributed by atoms with Gasteiger partial charge in [0.15, 0.2) is 0 Å². The molecule has 0 heterocycles. The van der Waals surface area contributed by atoms with E-state index in [2.05, 4.69) is 37.1 Å². The molecule has 3 heteroatoms. The van der Waals surface area contributed by atoms with Crippen LogP contribution in [0.3, 0.4) is 0 Å². The van der Waals surface area contributed by atoms with E-state index in [1.165, 1.54) is 0 Å². The molecule has 0 spiro atoms. The molecule has 0 saturated heterocycles. The first-order chi connectivity index (χ1) is 2.27. The van der Waals surface area contributed by atoms with Crippen LogP contribution in [0.25, 0.3) is 0 Å². The van der Waals surface area contributed by atoms with Crippen LogP contribution in [0.4, 0.5) is 0 Å². The minimum Gasteiger partial charge on any atom is 0 e. The van der Waals surface area contributed by atoms with Gasteiger partial charge in [-0.15, -0.1) is 0 Å². The van der Waals surface area contributed by atoms with Crippen LogP contribution in [-0.2, 0) is 1.55 Å². The van der Waals surface area contributed by atoms with E-state index in [1.54, 1.807) is 0 Å². The molecule has 0 aliphatic heterocycles. The van der Waals surface area contributed by atoms with Crippen LogP contribution in [0.2, 0.25) is 0 Å². The van der Waals surface area contributed by atoms with Crippen LogP contribution in [0.15, 0.2) is 0 Å². The molecule has 0 fully saturated rings. The Bertz CT molecular complexity index is 22.8. The van der Waals surface area contributed by atoms with Crippen molar-refractivity contribution < 1.29 is 73.9 Å². The van der Waals surface area contributed by atoms with E-state index < -0.39 is 0 Å². The molecule has 0 aliphatic rings. The Balaban J connectivity index is 0. The number of hydrogen-bond donors (Lipinski definition) is 0. The van der Waals surface area contributed by atoms with Crippen molar-refractivity contribution >= 4 is 0 Å². The van der Waals surface area contributed by atoms with Crippen molar-refractivity contribution in [3.63, 3.8) is 0 Å². The van der Waals surface area contributed by atoms with E-state index >= 15 is 0 Å². The van der Waals surface area contributed by atoms with Gasteiger partial charge < -0.3 is 0 Å². The molecule has 0 aromatic carbocycles. The van der Waals surface area contributed by atoms with Gasteiger partial charge in [-0.1, -0.05) is 0 Å². The van der Waals surface area contributed by atoms with Crippen molar-refractivity contribution in [2.45, 2.75) is 20.0 Å². The van der Waals surface area contributed by atoms with Crippen LogP contribution in [0.5, 0.6) is 0 Å². The molecule has 0 bridgehead atoms. The van der Waals surface area contributed by atoms with Crippen LogP contribution in [-0.4, -0.2) is 6.10 Å². The first-order valence-corrected chi connectivity index (χ1v) is 2.17. The molecule has 0 atom stereocenters. The predicted octanol–water partition coefficient (Wildman–Crippen LogP) is 0.876. The van der Waals surface area contributed by atoms with Gasteiger partial charge >= 0.3 is 57.0 Å². The summed E-state index contributed by atoms with van der Waals surface area (Å²) in [5.74, 6) is 0. The Morgan fingerprint density at radius 1 is 1.50 bits per heavy atom. The second-order valence-corrected chi connectivity index (χ2v) is 1.50. The summed E-state index contributed by atoms with van der Waals surface area (Å²) in [4.78, 5) is 0. The van der Waals surface area contributed by atoms with Crippen LogP contribution in [0, 0.1) is 72.4 Å². The summed E-state index contributed by atoms with van der Waals surface area (Å²) in [5, 5.41) is 0. The summed E-state index contributed by atoms with van der Waals surface area (Å²) in [6, 6.07) is 0. The van der Waals surface area contributed by atoms with Crippen LogP contribution < -0.4 is 0 Å². The minimum atomic E-state index is 0. The predicted molar refractivity (Wildman–Crippen MR) is 16.2 cm³/mol. The molecule has 0 saturated carbocycles. The first-order valence-electron chi connectivity index (χ1n) is 1.50. The topological polar surface area (TPSA) is 9.23 Å². The van der Waals surface area contributed by atoms with Gasteiger partial charge in [-0.05, 0) is 0 Å². The Kier molecular flexibility index (Phi) is 13.9. The minimum absolute atomic E-state index is 0. The summed E-state index contributed by atoms with van der Waals surface area (Å²) in [6.07, 6.45) is 0.310. The van der Waals surface area contributed by atoms with Crippen molar-refractivity contribution in [3.8, 4) is 0 Å². The van der Waals surface area contributed by atoms with Gasteiger partial charge in [0.25, 0.3) is 0 Å². The smallest absolute Gasteiger partial charge is 0 e. The summed E-state index contributed by atoms with van der Waals surface area (Å²) >= 11 is 2.69. The van der Waals surface area contributed by atoms with Crippen molar-refractivity contribution in [2.75, 3.05) is 0 Å². The molecule has 1 radical (unpaired) electrons. The van der Waals surface area contributed by atoms with E-state index in [4.69, 9.17) is 0 Å². The number of rotatable bonds is 1. The summed E-state index contributed by atoms with van der Waals surface area (Å²) in [5.41, 5.74) is 0. The second kappa shape index (κ2) is 7.43. The molecule has 0 unspecified atom stereocenters. The monoisotopic (exact) mass is 409 g/mol. The molecule has 0 aromatic rings. The molecule has 55 valence electrons. The van der Waals surface area contributed by atoms with Crippen molar-refractivity contribution in [2.24, 2.45) is 0 Å². The van der Waals surface area contributed by atoms with Gasteiger partial charge in [-0.25, -0.2) is 0 Å².